The van der Waals surface area contributed by atoms with Crippen molar-refractivity contribution in [2.45, 2.75) is 31.8 Å². The molecular formula is C28H35N5O2. The number of rotatable bonds is 7. The lowest BCUT2D eigenvalue weighted by molar-refractivity contribution is -0.136. The highest BCUT2D eigenvalue weighted by molar-refractivity contribution is 5.98. The van der Waals surface area contributed by atoms with E-state index in [0.29, 0.717) is 44.3 Å². The number of nitrogens with zero attached hydrogens (tertiary/aromatic N) is 3. The second-order valence-electron chi connectivity index (χ2n) is 9.93. The molecule has 2 aromatic rings. The van der Waals surface area contributed by atoms with Gasteiger partial charge in [-0.05, 0) is 48.4 Å². The Morgan fingerprint density at radius 1 is 1.00 bits per heavy atom. The van der Waals surface area contributed by atoms with Crippen LogP contribution < -0.4 is 11.1 Å². The molecule has 1 fully saturated rings. The molecule has 0 spiro atoms. The van der Waals surface area contributed by atoms with Crippen molar-refractivity contribution >= 4 is 11.8 Å². The Bertz CT molecular complexity index is 1080. The molecule has 7 heteroatoms. The molecule has 0 aromatic heterocycles. The summed E-state index contributed by atoms with van der Waals surface area (Å²) < 4.78 is 0. The molecule has 1 aliphatic carbocycles. The van der Waals surface area contributed by atoms with E-state index in [1.54, 1.807) is 4.90 Å². The maximum Gasteiger partial charge on any atom is 0.270 e. The molecule has 3 aliphatic rings. The van der Waals surface area contributed by atoms with E-state index in [9.17, 15) is 9.59 Å². The van der Waals surface area contributed by atoms with E-state index >= 15 is 0 Å². The fraction of sp³-hybridized carbons (Fsp3) is 0.429. The molecule has 2 aliphatic heterocycles. The van der Waals surface area contributed by atoms with Crippen molar-refractivity contribution in [1.29, 1.82) is 0 Å². The lowest BCUT2D eigenvalue weighted by atomic mass is 9.87. The Morgan fingerprint density at radius 3 is 2.57 bits per heavy atom. The standard InChI is InChI=1S/C28H35N5O2/c29-15-22-17-32(18-22)20-27(34)33-14-13-31(16-21-7-2-1-3-8-21)19-26(33)28(35)30-25-12-6-10-23-9-4-5-11-24(23)25/h1-5,7-9,11,19,22,25H,6,10,12-18,20,29H2,(H,30,35). The van der Waals surface area contributed by atoms with E-state index in [1.807, 2.05) is 30.5 Å². The molecule has 1 unspecified atom stereocenters. The highest BCUT2D eigenvalue weighted by Crippen LogP contribution is 2.30. The minimum atomic E-state index is -0.179. The fourth-order valence-electron chi connectivity index (χ4n) is 5.41. The summed E-state index contributed by atoms with van der Waals surface area (Å²) in [4.78, 5) is 32.8. The third-order valence-corrected chi connectivity index (χ3v) is 7.37. The molecule has 2 aromatic carbocycles. The number of hydrogen-bond donors (Lipinski definition) is 2. The summed E-state index contributed by atoms with van der Waals surface area (Å²) >= 11 is 0. The Labute approximate surface area is 207 Å². The quantitative estimate of drug-likeness (QED) is 0.645. The van der Waals surface area contributed by atoms with Crippen molar-refractivity contribution in [3.05, 3.63) is 83.2 Å². The van der Waals surface area contributed by atoms with Crippen LogP contribution in [-0.4, -0.2) is 65.8 Å². The highest BCUT2D eigenvalue weighted by atomic mass is 16.2. The maximum atomic E-state index is 13.6. The summed E-state index contributed by atoms with van der Waals surface area (Å²) in [7, 11) is 0. The van der Waals surface area contributed by atoms with Crippen LogP contribution in [0, 0.1) is 5.92 Å². The first-order chi connectivity index (χ1) is 17.1. The second-order valence-corrected chi connectivity index (χ2v) is 9.93. The van der Waals surface area contributed by atoms with Gasteiger partial charge in [-0.15, -0.1) is 0 Å². The van der Waals surface area contributed by atoms with Crippen LogP contribution >= 0.6 is 0 Å². The van der Waals surface area contributed by atoms with Gasteiger partial charge in [0.25, 0.3) is 5.91 Å². The van der Waals surface area contributed by atoms with Crippen LogP contribution in [0.5, 0.6) is 0 Å². The second kappa shape index (κ2) is 10.6. The Morgan fingerprint density at radius 2 is 1.77 bits per heavy atom. The normalized spacial score (nSPS) is 20.6. The van der Waals surface area contributed by atoms with Crippen molar-refractivity contribution in [2.24, 2.45) is 11.7 Å². The molecule has 1 saturated heterocycles. The molecule has 184 valence electrons. The number of aryl methyl sites for hydroxylation is 1. The minimum absolute atomic E-state index is 0.0229. The summed E-state index contributed by atoms with van der Waals surface area (Å²) in [6, 6.07) is 18.5. The number of carbonyl (C=O) groups excluding carboxylic acids is 2. The number of likely N-dealkylation sites (tertiary alicyclic amines) is 1. The lowest BCUT2D eigenvalue weighted by Gasteiger charge is -2.40. The predicted molar refractivity (Wildman–Crippen MR) is 136 cm³/mol. The Hall–Kier alpha value is -3.16. The van der Waals surface area contributed by atoms with Crippen molar-refractivity contribution in [3.8, 4) is 0 Å². The van der Waals surface area contributed by atoms with E-state index in [1.165, 1.54) is 16.7 Å². The molecule has 3 N–H and O–H groups in total. The zero-order chi connectivity index (χ0) is 24.2. The molecule has 1 atom stereocenters. The molecule has 0 bridgehead atoms. The minimum Gasteiger partial charge on any atom is -0.369 e. The SMILES string of the molecule is NCC1CN(CC(=O)N2CCN(Cc3ccccc3)C=C2C(=O)NC2CCCc3ccccc32)C1. The third-order valence-electron chi connectivity index (χ3n) is 7.37. The number of carbonyl (C=O) groups is 2. The van der Waals surface area contributed by atoms with E-state index in [2.05, 4.69) is 45.4 Å². The van der Waals surface area contributed by atoms with Crippen molar-refractivity contribution in [3.63, 3.8) is 0 Å². The molecule has 0 saturated carbocycles. The largest absolute Gasteiger partial charge is 0.369 e. The van der Waals surface area contributed by atoms with E-state index in [0.717, 1.165) is 32.4 Å². The molecule has 35 heavy (non-hydrogen) atoms. The summed E-state index contributed by atoms with van der Waals surface area (Å²) in [6.45, 7) is 4.57. The summed E-state index contributed by atoms with van der Waals surface area (Å²) in [5.74, 6) is 0.265. The first-order valence-corrected chi connectivity index (χ1v) is 12.7. The van der Waals surface area contributed by atoms with Gasteiger partial charge in [0.05, 0.1) is 12.6 Å². The van der Waals surface area contributed by atoms with Gasteiger partial charge >= 0.3 is 0 Å². The first-order valence-electron chi connectivity index (χ1n) is 12.7. The van der Waals surface area contributed by atoms with Gasteiger partial charge in [-0.3, -0.25) is 14.5 Å². The first kappa shape index (κ1) is 23.6. The number of nitrogens with one attached hydrogen (secondary N) is 1. The van der Waals surface area contributed by atoms with Crippen molar-refractivity contribution in [1.82, 2.24) is 20.0 Å². The van der Waals surface area contributed by atoms with Crippen LogP contribution in [0.3, 0.4) is 0 Å². The van der Waals surface area contributed by atoms with Crippen LogP contribution in [-0.2, 0) is 22.6 Å². The summed E-state index contributed by atoms with van der Waals surface area (Å²) in [5.41, 5.74) is 9.85. The third kappa shape index (κ3) is 5.41. The predicted octanol–water partition coefficient (Wildman–Crippen LogP) is 2.26. The maximum absolute atomic E-state index is 13.6. The average molecular weight is 474 g/mol. The zero-order valence-electron chi connectivity index (χ0n) is 20.2. The molecule has 2 heterocycles. The van der Waals surface area contributed by atoms with Gasteiger partial charge in [0.1, 0.15) is 5.70 Å². The van der Waals surface area contributed by atoms with E-state index in [4.69, 9.17) is 5.73 Å². The number of hydrogen-bond acceptors (Lipinski definition) is 5. The van der Waals surface area contributed by atoms with Crippen LogP contribution in [0.25, 0.3) is 0 Å². The van der Waals surface area contributed by atoms with Crippen LogP contribution in [0.2, 0.25) is 0 Å². The van der Waals surface area contributed by atoms with Gasteiger partial charge < -0.3 is 20.9 Å². The van der Waals surface area contributed by atoms with E-state index < -0.39 is 0 Å². The fourth-order valence-corrected chi connectivity index (χ4v) is 5.41. The van der Waals surface area contributed by atoms with Gasteiger partial charge in [-0.25, -0.2) is 0 Å². The van der Waals surface area contributed by atoms with Gasteiger partial charge in [-0.2, -0.15) is 0 Å². The number of nitrogens with two attached hydrogens (primary N) is 1. The molecule has 7 nitrogen and oxygen atoms in total. The molecular weight excluding hydrogens is 438 g/mol. The highest BCUT2D eigenvalue weighted by Gasteiger charge is 2.34. The lowest BCUT2D eigenvalue weighted by Crippen LogP contribution is -2.55. The monoisotopic (exact) mass is 473 g/mol. The Kier molecular flexibility index (Phi) is 7.16. The smallest absolute Gasteiger partial charge is 0.270 e. The molecule has 0 radical (unpaired) electrons. The van der Waals surface area contributed by atoms with Crippen molar-refractivity contribution in [2.75, 3.05) is 39.3 Å². The van der Waals surface area contributed by atoms with E-state index in [-0.39, 0.29) is 17.9 Å². The molecule has 5 rings (SSSR count). The Balaban J connectivity index is 1.34. The number of fused-ring (bicyclic) bond motifs is 1. The van der Waals surface area contributed by atoms with Crippen LogP contribution in [0.1, 0.15) is 35.6 Å². The number of benzene rings is 2. The number of amides is 2. The zero-order valence-corrected chi connectivity index (χ0v) is 20.2. The van der Waals surface area contributed by atoms with Gasteiger partial charge in [-0.1, -0.05) is 54.6 Å². The van der Waals surface area contributed by atoms with Crippen molar-refractivity contribution < 1.29 is 9.59 Å². The van der Waals surface area contributed by atoms with Gasteiger partial charge in [0.15, 0.2) is 0 Å². The van der Waals surface area contributed by atoms with Gasteiger partial charge in [0.2, 0.25) is 5.91 Å². The molecule has 2 amide bonds. The van der Waals surface area contributed by atoms with Crippen LogP contribution in [0.15, 0.2) is 66.5 Å². The van der Waals surface area contributed by atoms with Crippen LogP contribution in [0.4, 0.5) is 0 Å². The summed E-state index contributed by atoms with van der Waals surface area (Å²) in [5, 5.41) is 3.25. The topological polar surface area (TPSA) is 81.9 Å². The van der Waals surface area contributed by atoms with Gasteiger partial charge in [0, 0.05) is 38.9 Å². The average Bonchev–Trinajstić information content (AvgIpc) is 2.86. The summed E-state index contributed by atoms with van der Waals surface area (Å²) in [6.07, 6.45) is 4.87.